The number of aryl methyl sites for hydroxylation is 2. The summed E-state index contributed by atoms with van der Waals surface area (Å²) >= 11 is 0. The fourth-order valence-corrected chi connectivity index (χ4v) is 3.25. The van der Waals surface area contributed by atoms with Crippen molar-refractivity contribution in [2.75, 3.05) is 5.32 Å². The van der Waals surface area contributed by atoms with Crippen molar-refractivity contribution in [2.24, 2.45) is 7.05 Å². The molecule has 106 valence electrons. The molecule has 0 amide bonds. The third-order valence-electron chi connectivity index (χ3n) is 4.45. The number of aromatic nitrogens is 2. The molecule has 0 fully saturated rings. The Bertz CT molecular complexity index is 788. The highest BCUT2D eigenvalue weighted by Crippen LogP contribution is 2.26. The molecule has 4 rings (SSSR count). The molecule has 2 heterocycles. The number of hydrogen-bond acceptors (Lipinski definition) is 2. The fourth-order valence-electron chi connectivity index (χ4n) is 3.25. The number of anilines is 1. The number of fused-ring (bicyclic) bond motifs is 2. The summed E-state index contributed by atoms with van der Waals surface area (Å²) < 4.78 is 2.22. The molecule has 0 bridgehead atoms. The van der Waals surface area contributed by atoms with Crippen LogP contribution in [-0.2, 0) is 19.9 Å². The quantitative estimate of drug-likeness (QED) is 0.776. The van der Waals surface area contributed by atoms with Crippen molar-refractivity contribution in [3.63, 3.8) is 0 Å². The highest BCUT2D eigenvalue weighted by molar-refractivity contribution is 5.75. The summed E-state index contributed by atoms with van der Waals surface area (Å²) in [6, 6.07) is 17.4. The van der Waals surface area contributed by atoms with Gasteiger partial charge in [0.05, 0.1) is 11.0 Å². The summed E-state index contributed by atoms with van der Waals surface area (Å²) in [5.41, 5.74) is 5.01. The van der Waals surface area contributed by atoms with Gasteiger partial charge >= 0.3 is 0 Å². The Balaban J connectivity index is 1.60. The molecule has 1 atom stereocenters. The number of para-hydroxylation sites is 3. The normalized spacial score (nSPS) is 17.5. The van der Waals surface area contributed by atoms with Gasteiger partial charge in [-0.2, -0.15) is 0 Å². The predicted octanol–water partition coefficient (Wildman–Crippen LogP) is 3.54. The number of imidazole rings is 1. The minimum absolute atomic E-state index is 0.468. The lowest BCUT2D eigenvalue weighted by molar-refractivity contribution is 0.601. The maximum Gasteiger partial charge on any atom is 0.111 e. The molecular formula is C18H19N3. The van der Waals surface area contributed by atoms with Crippen LogP contribution < -0.4 is 5.32 Å². The van der Waals surface area contributed by atoms with Crippen LogP contribution in [0.15, 0.2) is 48.5 Å². The van der Waals surface area contributed by atoms with Gasteiger partial charge in [0.15, 0.2) is 0 Å². The van der Waals surface area contributed by atoms with E-state index in [0.29, 0.717) is 6.04 Å². The van der Waals surface area contributed by atoms with Crippen LogP contribution >= 0.6 is 0 Å². The largest absolute Gasteiger partial charge is 0.382 e. The summed E-state index contributed by atoms with van der Waals surface area (Å²) in [5.74, 6) is 1.16. The Kier molecular flexibility index (Phi) is 2.92. The van der Waals surface area contributed by atoms with Crippen LogP contribution in [0, 0.1) is 0 Å². The van der Waals surface area contributed by atoms with Crippen LogP contribution in [0.5, 0.6) is 0 Å². The van der Waals surface area contributed by atoms with Crippen LogP contribution in [0.25, 0.3) is 11.0 Å². The lowest BCUT2D eigenvalue weighted by atomic mass is 9.96. The summed E-state index contributed by atoms with van der Waals surface area (Å²) in [5, 5.41) is 3.66. The molecule has 0 saturated carbocycles. The van der Waals surface area contributed by atoms with Crippen LogP contribution in [0.2, 0.25) is 0 Å². The molecule has 1 unspecified atom stereocenters. The summed E-state index contributed by atoms with van der Waals surface area (Å²) in [6.45, 7) is 0. The molecule has 1 aliphatic heterocycles. The Hall–Kier alpha value is -2.29. The first-order chi connectivity index (χ1) is 10.3. The third-order valence-corrected chi connectivity index (χ3v) is 4.45. The van der Waals surface area contributed by atoms with E-state index < -0.39 is 0 Å². The fraction of sp³-hybridized carbons (Fsp3) is 0.278. The average molecular weight is 277 g/mol. The highest BCUT2D eigenvalue weighted by Gasteiger charge is 2.19. The molecule has 0 saturated heterocycles. The first-order valence-electron chi connectivity index (χ1n) is 7.56. The Labute approximate surface area is 124 Å². The maximum absolute atomic E-state index is 4.79. The molecule has 1 N–H and O–H groups in total. The molecule has 1 aliphatic rings. The third kappa shape index (κ3) is 2.19. The standard InChI is InChI=1S/C18H19N3/c1-21-17-9-5-4-8-16(17)20-18(21)12-14-11-10-13-6-2-3-7-15(13)19-14/h2-9,14,19H,10-12H2,1H3. The summed E-state index contributed by atoms with van der Waals surface area (Å²) in [4.78, 5) is 4.79. The summed E-state index contributed by atoms with van der Waals surface area (Å²) in [7, 11) is 2.11. The molecule has 2 aromatic carbocycles. The predicted molar refractivity (Wildman–Crippen MR) is 86.6 cm³/mol. The van der Waals surface area contributed by atoms with E-state index in [1.54, 1.807) is 0 Å². The molecule has 21 heavy (non-hydrogen) atoms. The van der Waals surface area contributed by atoms with E-state index >= 15 is 0 Å². The van der Waals surface area contributed by atoms with Crippen LogP contribution in [0.1, 0.15) is 17.8 Å². The van der Waals surface area contributed by atoms with Crippen LogP contribution in [-0.4, -0.2) is 15.6 Å². The second-order valence-electron chi connectivity index (χ2n) is 5.82. The van der Waals surface area contributed by atoms with Crippen molar-refractivity contribution in [2.45, 2.75) is 25.3 Å². The molecular weight excluding hydrogens is 258 g/mol. The molecule has 3 aromatic rings. The molecule has 3 nitrogen and oxygen atoms in total. The number of rotatable bonds is 2. The van der Waals surface area contributed by atoms with Crippen molar-refractivity contribution in [3.8, 4) is 0 Å². The summed E-state index contributed by atoms with van der Waals surface area (Å²) in [6.07, 6.45) is 3.29. The number of nitrogens with one attached hydrogen (secondary N) is 1. The Morgan fingerprint density at radius 3 is 2.86 bits per heavy atom. The zero-order valence-corrected chi connectivity index (χ0v) is 12.2. The first kappa shape index (κ1) is 12.5. The van der Waals surface area contributed by atoms with E-state index in [0.717, 1.165) is 24.2 Å². The molecule has 0 radical (unpaired) electrons. The van der Waals surface area contributed by atoms with Gasteiger partial charge in [0.25, 0.3) is 0 Å². The van der Waals surface area contributed by atoms with Gasteiger partial charge in [0.1, 0.15) is 5.82 Å². The number of hydrogen-bond donors (Lipinski definition) is 1. The van der Waals surface area contributed by atoms with Crippen molar-refractivity contribution < 1.29 is 0 Å². The van der Waals surface area contributed by atoms with Crippen molar-refractivity contribution in [1.29, 1.82) is 0 Å². The van der Waals surface area contributed by atoms with Gasteiger partial charge in [0.2, 0.25) is 0 Å². The van der Waals surface area contributed by atoms with E-state index in [-0.39, 0.29) is 0 Å². The zero-order chi connectivity index (χ0) is 14.2. The van der Waals surface area contributed by atoms with Gasteiger partial charge < -0.3 is 9.88 Å². The molecule has 3 heteroatoms. The van der Waals surface area contributed by atoms with Gasteiger partial charge in [-0.3, -0.25) is 0 Å². The maximum atomic E-state index is 4.79. The molecule has 0 spiro atoms. The van der Waals surface area contributed by atoms with E-state index in [9.17, 15) is 0 Å². The topological polar surface area (TPSA) is 29.9 Å². The van der Waals surface area contributed by atoms with Crippen LogP contribution in [0.4, 0.5) is 5.69 Å². The van der Waals surface area contributed by atoms with Crippen molar-refractivity contribution in [3.05, 3.63) is 59.9 Å². The first-order valence-corrected chi connectivity index (χ1v) is 7.56. The van der Waals surface area contributed by atoms with Crippen molar-refractivity contribution >= 4 is 16.7 Å². The minimum Gasteiger partial charge on any atom is -0.382 e. The van der Waals surface area contributed by atoms with E-state index in [4.69, 9.17) is 4.98 Å². The van der Waals surface area contributed by atoms with Gasteiger partial charge in [-0.15, -0.1) is 0 Å². The minimum atomic E-state index is 0.468. The van der Waals surface area contributed by atoms with Gasteiger partial charge in [-0.1, -0.05) is 30.3 Å². The number of nitrogens with zero attached hydrogens (tertiary/aromatic N) is 2. The lowest BCUT2D eigenvalue weighted by Gasteiger charge is -2.26. The Morgan fingerprint density at radius 1 is 1.14 bits per heavy atom. The smallest absolute Gasteiger partial charge is 0.111 e. The van der Waals surface area contributed by atoms with Gasteiger partial charge in [-0.25, -0.2) is 4.98 Å². The Morgan fingerprint density at radius 2 is 1.95 bits per heavy atom. The SMILES string of the molecule is Cn1c(CC2CCc3ccccc3N2)nc2ccccc21. The monoisotopic (exact) mass is 277 g/mol. The van der Waals surface area contributed by atoms with E-state index in [1.165, 1.54) is 23.2 Å². The van der Waals surface area contributed by atoms with Gasteiger partial charge in [-0.05, 0) is 36.6 Å². The van der Waals surface area contributed by atoms with E-state index in [1.807, 2.05) is 6.07 Å². The second-order valence-corrected chi connectivity index (χ2v) is 5.82. The molecule has 0 aliphatic carbocycles. The van der Waals surface area contributed by atoms with Gasteiger partial charge in [0, 0.05) is 25.2 Å². The number of benzene rings is 2. The van der Waals surface area contributed by atoms with Crippen LogP contribution in [0.3, 0.4) is 0 Å². The molecule has 1 aromatic heterocycles. The van der Waals surface area contributed by atoms with E-state index in [2.05, 4.69) is 59.4 Å². The average Bonchev–Trinajstić information content (AvgIpc) is 2.84. The highest BCUT2D eigenvalue weighted by atomic mass is 15.1. The second kappa shape index (κ2) is 4.92. The lowest BCUT2D eigenvalue weighted by Crippen LogP contribution is -2.28. The van der Waals surface area contributed by atoms with Crippen molar-refractivity contribution in [1.82, 2.24) is 9.55 Å². The zero-order valence-electron chi connectivity index (χ0n) is 12.2.